The van der Waals surface area contributed by atoms with Gasteiger partial charge in [0.2, 0.25) is 10.0 Å². The molecule has 2 saturated heterocycles. The Kier molecular flexibility index (Phi) is 10.9. The molecule has 0 saturated carbocycles. The average Bonchev–Trinajstić information content (AvgIpc) is 2.78. The first-order valence-electron chi connectivity index (χ1n) is 11.0. The third kappa shape index (κ3) is 7.14. The quantitative estimate of drug-likeness (QED) is 0.222. The highest BCUT2D eigenvalue weighted by atomic mass is 127. The van der Waals surface area contributed by atoms with E-state index in [4.69, 9.17) is 0 Å². The topological polar surface area (TPSA) is 80.3 Å². The normalized spacial score (nSPS) is 19.9. The smallest absolute Gasteiger partial charge is 0.243 e. The van der Waals surface area contributed by atoms with Crippen molar-refractivity contribution in [2.24, 2.45) is 4.99 Å². The van der Waals surface area contributed by atoms with E-state index >= 15 is 0 Å². The van der Waals surface area contributed by atoms with Gasteiger partial charge in [0.1, 0.15) is 0 Å². The summed E-state index contributed by atoms with van der Waals surface area (Å²) in [6.07, 6.45) is 4.04. The Labute approximate surface area is 210 Å². The van der Waals surface area contributed by atoms with Crippen LogP contribution < -0.4 is 10.6 Å². The first-order chi connectivity index (χ1) is 14.9. The Bertz CT molecular complexity index is 863. The van der Waals surface area contributed by atoms with Gasteiger partial charge in [0.05, 0.1) is 4.90 Å². The van der Waals surface area contributed by atoms with Crippen LogP contribution in [-0.2, 0) is 16.6 Å². The second-order valence-corrected chi connectivity index (χ2v) is 10.2. The zero-order chi connectivity index (χ0) is 22.3. The number of benzene rings is 1. The first-order valence-corrected chi connectivity index (χ1v) is 12.4. The number of likely N-dealkylation sites (N-methyl/N-ethyl adjacent to an activating group) is 1. The average molecular weight is 577 g/mol. The van der Waals surface area contributed by atoms with Crippen LogP contribution >= 0.6 is 24.0 Å². The van der Waals surface area contributed by atoms with Crippen LogP contribution in [0.3, 0.4) is 0 Å². The SMILES string of the molecule is C=CCN1CCC(NC(=NC)NCc2ccccc2S(=O)(=O)N2CCN(C)CC2)CC1.I. The maximum Gasteiger partial charge on any atom is 0.243 e. The van der Waals surface area contributed by atoms with Gasteiger partial charge in [0.15, 0.2) is 5.96 Å². The number of aliphatic imine (C=N–C) groups is 1. The minimum atomic E-state index is -3.52. The Morgan fingerprint density at radius 3 is 2.44 bits per heavy atom. The molecule has 1 aromatic carbocycles. The molecule has 2 N–H and O–H groups in total. The lowest BCUT2D eigenvalue weighted by Crippen LogP contribution is -2.48. The van der Waals surface area contributed by atoms with Gasteiger partial charge >= 0.3 is 0 Å². The van der Waals surface area contributed by atoms with Crippen molar-refractivity contribution < 1.29 is 8.42 Å². The van der Waals surface area contributed by atoms with E-state index in [9.17, 15) is 8.42 Å². The molecule has 0 spiro atoms. The summed E-state index contributed by atoms with van der Waals surface area (Å²) >= 11 is 0. The molecular formula is C22H37IN6O2S. The van der Waals surface area contributed by atoms with Crippen molar-refractivity contribution in [3.05, 3.63) is 42.5 Å². The molecule has 0 bridgehead atoms. The number of nitrogens with one attached hydrogen (secondary N) is 2. The Hall–Kier alpha value is -1.21. The summed E-state index contributed by atoms with van der Waals surface area (Å²) in [6, 6.07) is 7.60. The van der Waals surface area contributed by atoms with Crippen LogP contribution in [0.15, 0.2) is 46.8 Å². The van der Waals surface area contributed by atoms with Gasteiger partial charge in [0, 0.05) is 65.4 Å². The minimum Gasteiger partial charge on any atom is -0.354 e. The lowest BCUT2D eigenvalue weighted by molar-refractivity contribution is 0.222. The van der Waals surface area contributed by atoms with Crippen LogP contribution in [-0.4, -0.2) is 94.4 Å². The van der Waals surface area contributed by atoms with Gasteiger partial charge in [0.25, 0.3) is 0 Å². The fraction of sp³-hybridized carbons (Fsp3) is 0.591. The fourth-order valence-electron chi connectivity index (χ4n) is 4.08. The fourth-order valence-corrected chi connectivity index (χ4v) is 5.72. The number of piperazine rings is 1. The van der Waals surface area contributed by atoms with Crippen LogP contribution in [0, 0.1) is 0 Å². The molecule has 32 heavy (non-hydrogen) atoms. The summed E-state index contributed by atoms with van der Waals surface area (Å²) < 4.78 is 28.1. The van der Waals surface area contributed by atoms with E-state index in [1.165, 1.54) is 0 Å². The van der Waals surface area contributed by atoms with E-state index in [-0.39, 0.29) is 24.0 Å². The van der Waals surface area contributed by atoms with Crippen molar-refractivity contribution in [3.8, 4) is 0 Å². The lowest BCUT2D eigenvalue weighted by atomic mass is 10.1. The van der Waals surface area contributed by atoms with Crippen molar-refractivity contribution in [2.75, 3.05) is 59.9 Å². The number of piperidine rings is 1. The standard InChI is InChI=1S/C22H36N6O2S.HI/c1-4-11-27-12-9-20(10-13-27)25-22(23-2)24-18-19-7-5-6-8-21(19)31(29,30)28-16-14-26(3)15-17-28;/h4-8,20H,1,9-18H2,2-3H3,(H2,23,24,25);1H. The second kappa shape index (κ2) is 12.9. The monoisotopic (exact) mass is 576 g/mol. The van der Waals surface area contributed by atoms with Crippen molar-refractivity contribution in [1.82, 2.24) is 24.7 Å². The van der Waals surface area contributed by atoms with Crippen LogP contribution in [0.4, 0.5) is 0 Å². The summed E-state index contributed by atoms with van der Waals surface area (Å²) in [5.74, 6) is 0.703. The Morgan fingerprint density at radius 2 is 1.81 bits per heavy atom. The molecule has 2 aliphatic heterocycles. The minimum absolute atomic E-state index is 0. The van der Waals surface area contributed by atoms with Gasteiger partial charge in [-0.3, -0.25) is 9.89 Å². The van der Waals surface area contributed by atoms with Gasteiger partial charge in [-0.15, -0.1) is 30.6 Å². The van der Waals surface area contributed by atoms with Crippen LogP contribution in [0.25, 0.3) is 0 Å². The van der Waals surface area contributed by atoms with Crippen molar-refractivity contribution in [3.63, 3.8) is 0 Å². The molecule has 180 valence electrons. The van der Waals surface area contributed by atoms with Gasteiger partial charge < -0.3 is 15.5 Å². The lowest BCUT2D eigenvalue weighted by Gasteiger charge is -2.32. The summed E-state index contributed by atoms with van der Waals surface area (Å²) in [6.45, 7) is 9.76. The molecule has 8 nitrogen and oxygen atoms in total. The number of rotatable bonds is 7. The highest BCUT2D eigenvalue weighted by Crippen LogP contribution is 2.21. The summed E-state index contributed by atoms with van der Waals surface area (Å²) in [5, 5.41) is 6.80. The molecular weight excluding hydrogens is 539 g/mol. The highest BCUT2D eigenvalue weighted by molar-refractivity contribution is 14.0. The molecule has 2 aliphatic rings. The molecule has 2 heterocycles. The predicted octanol–water partition coefficient (Wildman–Crippen LogP) is 1.56. The molecule has 0 atom stereocenters. The Morgan fingerprint density at radius 1 is 1.16 bits per heavy atom. The number of likely N-dealkylation sites (tertiary alicyclic amines) is 1. The number of hydrogen-bond donors (Lipinski definition) is 2. The molecule has 0 aliphatic carbocycles. The maximum atomic E-state index is 13.3. The maximum absolute atomic E-state index is 13.3. The molecule has 1 aromatic rings. The van der Waals surface area contributed by atoms with Crippen LogP contribution in [0.2, 0.25) is 0 Å². The third-order valence-corrected chi connectivity index (χ3v) is 8.04. The summed E-state index contributed by atoms with van der Waals surface area (Å²) in [5.41, 5.74) is 0.755. The van der Waals surface area contributed by atoms with Gasteiger partial charge in [-0.1, -0.05) is 24.3 Å². The zero-order valence-electron chi connectivity index (χ0n) is 19.2. The van der Waals surface area contributed by atoms with Crippen molar-refractivity contribution >= 4 is 40.0 Å². The first kappa shape index (κ1) is 27.0. The number of nitrogens with zero attached hydrogens (tertiary/aromatic N) is 4. The number of halogens is 1. The molecule has 0 aromatic heterocycles. The van der Waals surface area contributed by atoms with E-state index < -0.39 is 10.0 Å². The largest absolute Gasteiger partial charge is 0.354 e. The van der Waals surface area contributed by atoms with Gasteiger partial charge in [-0.25, -0.2) is 8.42 Å². The number of hydrogen-bond acceptors (Lipinski definition) is 5. The number of sulfonamides is 1. The van der Waals surface area contributed by atoms with E-state index in [1.807, 2.05) is 25.3 Å². The third-order valence-electron chi connectivity index (χ3n) is 6.04. The van der Waals surface area contributed by atoms with Crippen LogP contribution in [0.1, 0.15) is 18.4 Å². The van der Waals surface area contributed by atoms with E-state index in [0.29, 0.717) is 36.5 Å². The molecule has 2 fully saturated rings. The molecule has 3 rings (SSSR count). The highest BCUT2D eigenvalue weighted by Gasteiger charge is 2.29. The van der Waals surface area contributed by atoms with E-state index in [1.54, 1.807) is 23.5 Å². The van der Waals surface area contributed by atoms with Crippen molar-refractivity contribution in [2.45, 2.75) is 30.3 Å². The van der Waals surface area contributed by atoms with E-state index in [2.05, 4.69) is 32.0 Å². The Balaban J connectivity index is 0.00000363. The summed E-state index contributed by atoms with van der Waals surface area (Å²) in [7, 11) is 0.246. The molecule has 10 heteroatoms. The van der Waals surface area contributed by atoms with Gasteiger partial charge in [-0.2, -0.15) is 4.31 Å². The number of guanidine groups is 1. The van der Waals surface area contributed by atoms with Crippen molar-refractivity contribution in [1.29, 1.82) is 0 Å². The van der Waals surface area contributed by atoms with E-state index in [0.717, 1.165) is 51.1 Å². The molecule has 0 radical (unpaired) electrons. The summed E-state index contributed by atoms with van der Waals surface area (Å²) in [4.78, 5) is 9.26. The van der Waals surface area contributed by atoms with Crippen LogP contribution in [0.5, 0.6) is 0 Å². The predicted molar refractivity (Wildman–Crippen MR) is 141 cm³/mol. The zero-order valence-corrected chi connectivity index (χ0v) is 22.3. The molecule has 0 amide bonds. The second-order valence-electron chi connectivity index (χ2n) is 8.25. The van der Waals surface area contributed by atoms with Gasteiger partial charge in [-0.05, 0) is 31.5 Å². The molecule has 0 unspecified atom stereocenters.